The van der Waals surface area contributed by atoms with E-state index in [1.165, 1.54) is 0 Å². The summed E-state index contributed by atoms with van der Waals surface area (Å²) < 4.78 is 11.7. The van der Waals surface area contributed by atoms with E-state index in [-0.39, 0.29) is 12.5 Å². The number of hydrogen-bond donors (Lipinski definition) is 2. The molecule has 0 unspecified atom stereocenters. The maximum absolute atomic E-state index is 12.0. The highest BCUT2D eigenvalue weighted by atomic mass is 79.9. The van der Waals surface area contributed by atoms with Crippen molar-refractivity contribution in [3.8, 4) is 5.75 Å². The van der Waals surface area contributed by atoms with Gasteiger partial charge in [-0.15, -0.1) is 0 Å². The summed E-state index contributed by atoms with van der Waals surface area (Å²) in [7, 11) is 0. The Labute approximate surface area is 150 Å². The first-order valence-electron chi connectivity index (χ1n) is 7.77. The van der Waals surface area contributed by atoms with Crippen molar-refractivity contribution in [3.05, 3.63) is 53.0 Å². The number of benzene rings is 2. The van der Waals surface area contributed by atoms with E-state index in [1.54, 1.807) is 0 Å². The van der Waals surface area contributed by atoms with Crippen LogP contribution in [0.15, 0.2) is 53.0 Å². The van der Waals surface area contributed by atoms with Crippen molar-refractivity contribution in [1.82, 2.24) is 0 Å². The van der Waals surface area contributed by atoms with Crippen LogP contribution in [0, 0.1) is 0 Å². The second kappa shape index (κ2) is 9.95. The summed E-state index contributed by atoms with van der Waals surface area (Å²) in [6.07, 6.45) is 0. The zero-order valence-electron chi connectivity index (χ0n) is 13.5. The summed E-state index contributed by atoms with van der Waals surface area (Å²) in [4.78, 5) is 12.0. The van der Waals surface area contributed by atoms with Crippen LogP contribution in [0.3, 0.4) is 0 Å². The number of carbonyl (C=O) groups is 1. The molecule has 5 nitrogen and oxygen atoms in total. The normalized spacial score (nSPS) is 10.2. The summed E-state index contributed by atoms with van der Waals surface area (Å²) in [6, 6.07) is 14.9. The first-order chi connectivity index (χ1) is 11.7. The molecule has 2 rings (SSSR count). The molecule has 1 amide bonds. The molecule has 2 N–H and O–H groups in total. The first kappa shape index (κ1) is 18.3. The molecule has 2 aromatic rings. The van der Waals surface area contributed by atoms with Gasteiger partial charge >= 0.3 is 0 Å². The van der Waals surface area contributed by atoms with Crippen LogP contribution in [-0.4, -0.2) is 32.3 Å². The van der Waals surface area contributed by atoms with Crippen LogP contribution < -0.4 is 15.4 Å². The maximum atomic E-state index is 12.0. The van der Waals surface area contributed by atoms with Gasteiger partial charge in [-0.05, 0) is 49.4 Å². The second-order valence-corrected chi connectivity index (χ2v) is 5.90. The Kier molecular flexibility index (Phi) is 7.58. The predicted octanol–water partition coefficient (Wildman–Crippen LogP) is 3.92. The van der Waals surface area contributed by atoms with E-state index in [1.807, 2.05) is 55.5 Å². The Hall–Kier alpha value is -2.05. The largest absolute Gasteiger partial charge is 0.491 e. The molecule has 24 heavy (non-hydrogen) atoms. The van der Waals surface area contributed by atoms with Gasteiger partial charge in [-0.3, -0.25) is 4.79 Å². The molecular weight excluding hydrogens is 372 g/mol. The lowest BCUT2D eigenvalue weighted by molar-refractivity contribution is -0.114. The lowest BCUT2D eigenvalue weighted by Gasteiger charge is -2.09. The second-order valence-electron chi connectivity index (χ2n) is 4.98. The van der Waals surface area contributed by atoms with Crippen molar-refractivity contribution in [1.29, 1.82) is 0 Å². The van der Waals surface area contributed by atoms with Gasteiger partial charge in [0, 0.05) is 22.5 Å². The molecule has 0 spiro atoms. The SMILES string of the molecule is CCOCCOc1ccc(NC(=O)CNc2cccc(Br)c2)cc1. The highest BCUT2D eigenvalue weighted by Gasteiger charge is 2.03. The van der Waals surface area contributed by atoms with Crippen molar-refractivity contribution in [2.45, 2.75) is 6.92 Å². The number of anilines is 2. The van der Waals surface area contributed by atoms with Gasteiger partial charge in [-0.25, -0.2) is 0 Å². The summed E-state index contributed by atoms with van der Waals surface area (Å²) in [5, 5.41) is 5.91. The van der Waals surface area contributed by atoms with Crippen LogP contribution in [0.1, 0.15) is 6.92 Å². The lowest BCUT2D eigenvalue weighted by Crippen LogP contribution is -2.21. The molecule has 2 aromatic carbocycles. The Bertz CT molecular complexity index is 647. The van der Waals surface area contributed by atoms with Crippen LogP contribution in [0.4, 0.5) is 11.4 Å². The van der Waals surface area contributed by atoms with E-state index in [4.69, 9.17) is 9.47 Å². The summed E-state index contributed by atoms with van der Waals surface area (Å²) in [5.41, 5.74) is 1.62. The average Bonchev–Trinajstić information content (AvgIpc) is 2.58. The summed E-state index contributed by atoms with van der Waals surface area (Å²) in [6.45, 7) is 3.90. The van der Waals surface area contributed by atoms with Crippen LogP contribution in [-0.2, 0) is 9.53 Å². The van der Waals surface area contributed by atoms with E-state index in [9.17, 15) is 4.79 Å². The van der Waals surface area contributed by atoms with Crippen LogP contribution in [0.5, 0.6) is 5.75 Å². The molecule has 0 saturated carbocycles. The fourth-order valence-corrected chi connectivity index (χ4v) is 2.38. The Balaban J connectivity index is 1.75. The smallest absolute Gasteiger partial charge is 0.243 e. The molecule has 0 aliphatic carbocycles. The summed E-state index contributed by atoms with van der Waals surface area (Å²) >= 11 is 3.40. The fraction of sp³-hybridized carbons (Fsp3) is 0.278. The average molecular weight is 393 g/mol. The molecule has 0 bridgehead atoms. The quantitative estimate of drug-likeness (QED) is 0.635. The minimum absolute atomic E-state index is 0.111. The monoisotopic (exact) mass is 392 g/mol. The number of nitrogens with one attached hydrogen (secondary N) is 2. The molecule has 0 heterocycles. The van der Waals surface area contributed by atoms with Crippen LogP contribution in [0.2, 0.25) is 0 Å². The molecule has 0 fully saturated rings. The van der Waals surface area contributed by atoms with Gasteiger partial charge < -0.3 is 20.1 Å². The van der Waals surface area contributed by atoms with Gasteiger partial charge in [-0.1, -0.05) is 22.0 Å². The minimum atomic E-state index is -0.111. The number of hydrogen-bond acceptors (Lipinski definition) is 4. The van der Waals surface area contributed by atoms with Gasteiger partial charge in [-0.2, -0.15) is 0 Å². The van der Waals surface area contributed by atoms with Crippen molar-refractivity contribution in [2.24, 2.45) is 0 Å². The van der Waals surface area contributed by atoms with Gasteiger partial charge in [0.1, 0.15) is 12.4 Å². The van der Waals surface area contributed by atoms with Crippen LogP contribution in [0.25, 0.3) is 0 Å². The third-order valence-electron chi connectivity index (χ3n) is 3.12. The topological polar surface area (TPSA) is 59.6 Å². The zero-order chi connectivity index (χ0) is 17.2. The first-order valence-corrected chi connectivity index (χ1v) is 8.56. The van der Waals surface area contributed by atoms with E-state index in [0.29, 0.717) is 19.8 Å². The fourth-order valence-electron chi connectivity index (χ4n) is 1.98. The van der Waals surface area contributed by atoms with Gasteiger partial charge in [0.05, 0.1) is 13.2 Å². The highest BCUT2D eigenvalue weighted by Crippen LogP contribution is 2.17. The lowest BCUT2D eigenvalue weighted by atomic mass is 10.3. The highest BCUT2D eigenvalue weighted by molar-refractivity contribution is 9.10. The van der Waals surface area contributed by atoms with Crippen molar-refractivity contribution in [2.75, 3.05) is 37.0 Å². The molecule has 0 aliphatic heterocycles. The maximum Gasteiger partial charge on any atom is 0.243 e. The molecule has 0 aliphatic rings. The number of halogens is 1. The van der Waals surface area contributed by atoms with Crippen LogP contribution >= 0.6 is 15.9 Å². The Morgan fingerprint density at radius 2 is 1.88 bits per heavy atom. The third-order valence-corrected chi connectivity index (χ3v) is 3.61. The van der Waals surface area contributed by atoms with E-state index in [0.717, 1.165) is 21.6 Å². The van der Waals surface area contributed by atoms with E-state index < -0.39 is 0 Å². The Morgan fingerprint density at radius 1 is 1.08 bits per heavy atom. The Morgan fingerprint density at radius 3 is 2.58 bits per heavy atom. The molecule has 0 atom stereocenters. The molecular formula is C18H21BrN2O3. The number of amides is 1. The van der Waals surface area contributed by atoms with Gasteiger partial charge in [0.25, 0.3) is 0 Å². The van der Waals surface area contributed by atoms with E-state index in [2.05, 4.69) is 26.6 Å². The third kappa shape index (κ3) is 6.60. The van der Waals surface area contributed by atoms with Crippen molar-refractivity contribution >= 4 is 33.2 Å². The molecule has 0 radical (unpaired) electrons. The van der Waals surface area contributed by atoms with Gasteiger partial charge in [0.15, 0.2) is 0 Å². The molecule has 0 aromatic heterocycles. The number of ether oxygens (including phenoxy) is 2. The zero-order valence-corrected chi connectivity index (χ0v) is 15.1. The summed E-state index contributed by atoms with van der Waals surface area (Å²) in [5.74, 6) is 0.639. The molecule has 0 saturated heterocycles. The van der Waals surface area contributed by atoms with E-state index >= 15 is 0 Å². The molecule has 6 heteroatoms. The minimum Gasteiger partial charge on any atom is -0.491 e. The number of carbonyl (C=O) groups excluding carboxylic acids is 1. The van der Waals surface area contributed by atoms with Gasteiger partial charge in [0.2, 0.25) is 5.91 Å². The predicted molar refractivity (Wildman–Crippen MR) is 99.7 cm³/mol. The van der Waals surface area contributed by atoms with Crippen molar-refractivity contribution < 1.29 is 14.3 Å². The standard InChI is InChI=1S/C18H21BrN2O3/c1-2-23-10-11-24-17-8-6-15(7-9-17)21-18(22)13-20-16-5-3-4-14(19)12-16/h3-9,12,20H,2,10-11,13H2,1H3,(H,21,22). The number of rotatable bonds is 9. The molecule has 128 valence electrons. The van der Waals surface area contributed by atoms with Crippen molar-refractivity contribution in [3.63, 3.8) is 0 Å².